The molecule has 0 saturated carbocycles. The number of benzene rings is 1. The molecule has 1 saturated heterocycles. The molecule has 0 spiro atoms. The lowest BCUT2D eigenvalue weighted by Crippen LogP contribution is -2.29. The molecule has 0 atom stereocenters. The van der Waals surface area contributed by atoms with E-state index >= 15 is 0 Å². The van der Waals surface area contributed by atoms with Crippen molar-refractivity contribution in [2.75, 3.05) is 27.2 Å². The minimum Gasteiger partial charge on any atom is -0.496 e. The summed E-state index contributed by atoms with van der Waals surface area (Å²) in [5.41, 5.74) is 2.58. The molecule has 3 nitrogen and oxygen atoms in total. The van der Waals surface area contributed by atoms with Gasteiger partial charge in [0.05, 0.1) is 7.11 Å². The van der Waals surface area contributed by atoms with E-state index < -0.39 is 0 Å². The van der Waals surface area contributed by atoms with Crippen LogP contribution in [0.25, 0.3) is 0 Å². The second-order valence-corrected chi connectivity index (χ2v) is 5.01. The molecule has 2 rings (SSSR count). The van der Waals surface area contributed by atoms with E-state index in [1.165, 1.54) is 43.5 Å². The predicted molar refractivity (Wildman–Crippen MR) is 74.9 cm³/mol. The number of nitrogens with zero attached hydrogens (tertiary/aromatic N) is 1. The molecule has 0 aromatic heterocycles. The average Bonchev–Trinajstić information content (AvgIpc) is 2.42. The maximum absolute atomic E-state index is 5.47. The summed E-state index contributed by atoms with van der Waals surface area (Å²) in [6.07, 6.45) is 4.07. The van der Waals surface area contributed by atoms with Gasteiger partial charge in [0.2, 0.25) is 0 Å². The Bertz CT molecular complexity index is 373. The molecule has 0 radical (unpaired) electrons. The zero-order chi connectivity index (χ0) is 12.8. The highest BCUT2D eigenvalue weighted by Gasteiger charge is 2.11. The molecule has 100 valence electrons. The van der Waals surface area contributed by atoms with E-state index in [1.807, 2.05) is 7.05 Å². The Hall–Kier alpha value is -1.06. The lowest BCUT2D eigenvalue weighted by atomic mass is 10.1. The van der Waals surface area contributed by atoms with Crippen LogP contribution < -0.4 is 10.1 Å². The maximum atomic E-state index is 5.47. The first kappa shape index (κ1) is 13.4. The largest absolute Gasteiger partial charge is 0.496 e. The molecule has 0 aliphatic carbocycles. The van der Waals surface area contributed by atoms with Gasteiger partial charge in [-0.25, -0.2) is 0 Å². The highest BCUT2D eigenvalue weighted by atomic mass is 16.5. The van der Waals surface area contributed by atoms with Crippen molar-refractivity contribution < 1.29 is 4.74 Å². The first-order chi connectivity index (χ1) is 8.83. The van der Waals surface area contributed by atoms with Crippen LogP contribution in [0.5, 0.6) is 5.75 Å². The SMILES string of the molecule is CNCc1ccc(CN2CCCCC2)cc1OC. The lowest BCUT2D eigenvalue weighted by molar-refractivity contribution is 0.220. The molecule has 1 N–H and O–H groups in total. The number of rotatable bonds is 5. The highest BCUT2D eigenvalue weighted by molar-refractivity contribution is 5.37. The number of methoxy groups -OCH3 is 1. The van der Waals surface area contributed by atoms with Crippen LogP contribution in [0.3, 0.4) is 0 Å². The predicted octanol–water partition coefficient (Wildman–Crippen LogP) is 2.40. The van der Waals surface area contributed by atoms with Crippen molar-refractivity contribution in [2.45, 2.75) is 32.4 Å². The smallest absolute Gasteiger partial charge is 0.123 e. The standard InChI is InChI=1S/C15H24N2O/c1-16-11-14-7-6-13(10-15(14)18-2)12-17-8-4-3-5-9-17/h6-7,10,16H,3-5,8-9,11-12H2,1-2H3. The molecular formula is C15H24N2O. The number of ether oxygens (including phenoxy) is 1. The van der Waals surface area contributed by atoms with Crippen LogP contribution >= 0.6 is 0 Å². The summed E-state index contributed by atoms with van der Waals surface area (Å²) in [5, 5.41) is 3.17. The number of hydrogen-bond acceptors (Lipinski definition) is 3. The van der Waals surface area contributed by atoms with E-state index in [4.69, 9.17) is 4.74 Å². The molecule has 18 heavy (non-hydrogen) atoms. The molecule has 1 aromatic rings. The monoisotopic (exact) mass is 248 g/mol. The Balaban J connectivity index is 2.04. The molecule has 1 fully saturated rings. The molecule has 1 aliphatic heterocycles. The summed E-state index contributed by atoms with van der Waals surface area (Å²) in [6, 6.07) is 6.58. The highest BCUT2D eigenvalue weighted by Crippen LogP contribution is 2.22. The van der Waals surface area contributed by atoms with Crippen LogP contribution in [0.2, 0.25) is 0 Å². The Morgan fingerprint density at radius 3 is 2.67 bits per heavy atom. The Morgan fingerprint density at radius 2 is 2.00 bits per heavy atom. The van der Waals surface area contributed by atoms with Crippen LogP contribution in [0.1, 0.15) is 30.4 Å². The van der Waals surface area contributed by atoms with Crippen LogP contribution in [0.4, 0.5) is 0 Å². The van der Waals surface area contributed by atoms with Crippen molar-refractivity contribution in [3.8, 4) is 5.75 Å². The summed E-state index contributed by atoms with van der Waals surface area (Å²) in [6.45, 7) is 4.38. The van der Waals surface area contributed by atoms with Gasteiger partial charge in [0.1, 0.15) is 5.75 Å². The van der Waals surface area contributed by atoms with E-state index in [0.717, 1.165) is 18.8 Å². The summed E-state index contributed by atoms with van der Waals surface area (Å²) in [5.74, 6) is 0.999. The summed E-state index contributed by atoms with van der Waals surface area (Å²) in [4.78, 5) is 2.54. The van der Waals surface area contributed by atoms with E-state index in [0.29, 0.717) is 0 Å². The number of piperidine rings is 1. The van der Waals surface area contributed by atoms with Gasteiger partial charge in [-0.3, -0.25) is 4.90 Å². The van der Waals surface area contributed by atoms with Gasteiger partial charge < -0.3 is 10.1 Å². The van der Waals surface area contributed by atoms with E-state index in [2.05, 4.69) is 28.4 Å². The van der Waals surface area contributed by atoms with Gasteiger partial charge in [0.15, 0.2) is 0 Å². The van der Waals surface area contributed by atoms with Gasteiger partial charge in [-0.1, -0.05) is 18.6 Å². The summed E-state index contributed by atoms with van der Waals surface area (Å²) < 4.78 is 5.47. The molecular weight excluding hydrogens is 224 g/mol. The molecule has 0 bridgehead atoms. The zero-order valence-corrected chi connectivity index (χ0v) is 11.5. The van der Waals surface area contributed by atoms with Crippen molar-refractivity contribution in [3.05, 3.63) is 29.3 Å². The fraction of sp³-hybridized carbons (Fsp3) is 0.600. The topological polar surface area (TPSA) is 24.5 Å². The third-order valence-electron chi connectivity index (χ3n) is 3.57. The average molecular weight is 248 g/mol. The van der Waals surface area contributed by atoms with Crippen LogP contribution in [-0.2, 0) is 13.1 Å². The van der Waals surface area contributed by atoms with Gasteiger partial charge >= 0.3 is 0 Å². The van der Waals surface area contributed by atoms with Crippen molar-refractivity contribution in [1.82, 2.24) is 10.2 Å². The number of likely N-dealkylation sites (tertiary alicyclic amines) is 1. The fourth-order valence-electron chi connectivity index (χ4n) is 2.60. The van der Waals surface area contributed by atoms with E-state index in [-0.39, 0.29) is 0 Å². The van der Waals surface area contributed by atoms with Crippen molar-refractivity contribution >= 4 is 0 Å². The number of hydrogen-bond donors (Lipinski definition) is 1. The minimum absolute atomic E-state index is 0.854. The molecule has 1 aromatic carbocycles. The van der Waals surface area contributed by atoms with Crippen molar-refractivity contribution in [2.24, 2.45) is 0 Å². The minimum atomic E-state index is 0.854. The van der Waals surface area contributed by atoms with Gasteiger partial charge in [-0.05, 0) is 44.6 Å². The molecule has 0 amide bonds. The fourth-order valence-corrected chi connectivity index (χ4v) is 2.60. The van der Waals surface area contributed by atoms with Crippen molar-refractivity contribution in [3.63, 3.8) is 0 Å². The van der Waals surface area contributed by atoms with Gasteiger partial charge in [-0.2, -0.15) is 0 Å². The molecule has 3 heteroatoms. The molecule has 1 heterocycles. The summed E-state index contributed by atoms with van der Waals surface area (Å²) in [7, 11) is 3.71. The number of nitrogens with one attached hydrogen (secondary N) is 1. The third-order valence-corrected chi connectivity index (χ3v) is 3.57. The Kier molecular flexibility index (Phi) is 5.02. The Morgan fingerprint density at radius 1 is 1.22 bits per heavy atom. The van der Waals surface area contributed by atoms with Gasteiger partial charge in [0.25, 0.3) is 0 Å². The maximum Gasteiger partial charge on any atom is 0.123 e. The van der Waals surface area contributed by atoms with E-state index in [9.17, 15) is 0 Å². The second-order valence-electron chi connectivity index (χ2n) is 5.01. The summed E-state index contributed by atoms with van der Waals surface area (Å²) >= 11 is 0. The van der Waals surface area contributed by atoms with Crippen LogP contribution in [-0.4, -0.2) is 32.1 Å². The van der Waals surface area contributed by atoms with E-state index in [1.54, 1.807) is 7.11 Å². The first-order valence-corrected chi connectivity index (χ1v) is 6.86. The van der Waals surface area contributed by atoms with Gasteiger partial charge in [0, 0.05) is 18.7 Å². The van der Waals surface area contributed by atoms with Crippen LogP contribution in [0.15, 0.2) is 18.2 Å². The molecule has 0 unspecified atom stereocenters. The lowest BCUT2D eigenvalue weighted by Gasteiger charge is -2.26. The first-order valence-electron chi connectivity index (χ1n) is 6.86. The Labute approximate surface area is 110 Å². The van der Waals surface area contributed by atoms with Crippen molar-refractivity contribution in [1.29, 1.82) is 0 Å². The zero-order valence-electron chi connectivity index (χ0n) is 11.5. The normalized spacial score (nSPS) is 16.8. The second kappa shape index (κ2) is 6.76. The van der Waals surface area contributed by atoms with Gasteiger partial charge in [-0.15, -0.1) is 0 Å². The van der Waals surface area contributed by atoms with Crippen LogP contribution in [0, 0.1) is 0 Å². The molecule has 1 aliphatic rings. The quantitative estimate of drug-likeness (QED) is 0.866. The third kappa shape index (κ3) is 3.47.